The topological polar surface area (TPSA) is 41.9 Å². The van der Waals surface area contributed by atoms with E-state index in [1.54, 1.807) is 23.7 Å². The van der Waals surface area contributed by atoms with Crippen LogP contribution in [0, 0.1) is 6.92 Å². The summed E-state index contributed by atoms with van der Waals surface area (Å²) in [6.07, 6.45) is 3.50. The Morgan fingerprint density at radius 2 is 2.06 bits per heavy atom. The van der Waals surface area contributed by atoms with Crippen LogP contribution in [-0.4, -0.2) is 22.0 Å². The molecule has 0 N–H and O–H groups in total. The van der Waals surface area contributed by atoms with Crippen molar-refractivity contribution >= 4 is 28.9 Å². The number of aromatic nitrogens is 3. The minimum atomic E-state index is 0.440. The molecule has 2 heterocycles. The molecule has 2 aromatic heterocycles. The summed E-state index contributed by atoms with van der Waals surface area (Å²) in [7, 11) is 1.95. The van der Waals surface area contributed by atoms with Crippen molar-refractivity contribution in [3.63, 3.8) is 0 Å². The SMILES string of the molecule is Cc1nc(CN(C)c2ncc(CCl)cn2)cs1. The predicted molar refractivity (Wildman–Crippen MR) is 70.5 cm³/mol. The molecule has 0 aliphatic rings. The minimum absolute atomic E-state index is 0.440. The highest BCUT2D eigenvalue weighted by atomic mass is 35.5. The smallest absolute Gasteiger partial charge is 0.225 e. The third-order valence-electron chi connectivity index (χ3n) is 2.25. The molecule has 0 fully saturated rings. The maximum absolute atomic E-state index is 5.69. The maximum atomic E-state index is 5.69. The quantitative estimate of drug-likeness (QED) is 0.800. The molecule has 0 spiro atoms. The highest BCUT2D eigenvalue weighted by Crippen LogP contribution is 2.13. The molecule has 6 heteroatoms. The van der Waals surface area contributed by atoms with Crippen LogP contribution in [-0.2, 0) is 12.4 Å². The van der Waals surface area contributed by atoms with E-state index in [1.807, 2.05) is 18.9 Å². The van der Waals surface area contributed by atoms with Crippen molar-refractivity contribution in [2.75, 3.05) is 11.9 Å². The molecule has 0 bridgehead atoms. The van der Waals surface area contributed by atoms with E-state index in [1.165, 1.54) is 0 Å². The number of thiazole rings is 1. The van der Waals surface area contributed by atoms with Crippen LogP contribution in [0.25, 0.3) is 0 Å². The lowest BCUT2D eigenvalue weighted by molar-refractivity contribution is 0.842. The Labute approximate surface area is 109 Å². The number of hydrogen-bond acceptors (Lipinski definition) is 5. The van der Waals surface area contributed by atoms with Gasteiger partial charge in [-0.1, -0.05) is 0 Å². The van der Waals surface area contributed by atoms with Gasteiger partial charge in [-0.25, -0.2) is 15.0 Å². The summed E-state index contributed by atoms with van der Waals surface area (Å²) in [5.41, 5.74) is 1.97. The van der Waals surface area contributed by atoms with Gasteiger partial charge in [-0.15, -0.1) is 22.9 Å². The summed E-state index contributed by atoms with van der Waals surface area (Å²) in [5, 5.41) is 3.13. The average Bonchev–Trinajstić information content (AvgIpc) is 2.75. The Bertz CT molecular complexity index is 482. The Morgan fingerprint density at radius 3 is 2.59 bits per heavy atom. The Morgan fingerprint density at radius 1 is 1.35 bits per heavy atom. The van der Waals surface area contributed by atoms with Crippen molar-refractivity contribution in [3.8, 4) is 0 Å². The first-order chi connectivity index (χ1) is 8.19. The second-order valence-electron chi connectivity index (χ2n) is 3.74. The van der Waals surface area contributed by atoms with Gasteiger partial charge in [-0.3, -0.25) is 0 Å². The fourth-order valence-corrected chi connectivity index (χ4v) is 2.15. The fraction of sp³-hybridized carbons (Fsp3) is 0.364. The van der Waals surface area contributed by atoms with Crippen molar-refractivity contribution in [2.45, 2.75) is 19.3 Å². The van der Waals surface area contributed by atoms with Crippen molar-refractivity contribution in [1.29, 1.82) is 0 Å². The molecule has 90 valence electrons. The Kier molecular flexibility index (Phi) is 3.91. The number of alkyl halides is 1. The van der Waals surface area contributed by atoms with E-state index in [0.717, 1.165) is 16.3 Å². The van der Waals surface area contributed by atoms with Gasteiger partial charge < -0.3 is 4.90 Å². The monoisotopic (exact) mass is 268 g/mol. The molecule has 2 aromatic rings. The van der Waals surface area contributed by atoms with Gasteiger partial charge in [0.15, 0.2) is 0 Å². The van der Waals surface area contributed by atoms with Gasteiger partial charge in [-0.05, 0) is 6.92 Å². The molecule has 0 atom stereocenters. The Hall–Kier alpha value is -1.20. The molecule has 4 nitrogen and oxygen atoms in total. The zero-order chi connectivity index (χ0) is 12.3. The van der Waals surface area contributed by atoms with Gasteiger partial charge in [0, 0.05) is 30.4 Å². The fourth-order valence-electron chi connectivity index (χ4n) is 1.41. The molecule has 0 aromatic carbocycles. The maximum Gasteiger partial charge on any atom is 0.225 e. The molecule has 17 heavy (non-hydrogen) atoms. The van der Waals surface area contributed by atoms with Crippen molar-refractivity contribution in [3.05, 3.63) is 34.0 Å². The summed E-state index contributed by atoms with van der Waals surface area (Å²) in [6.45, 7) is 2.71. The molecule has 0 saturated heterocycles. The first kappa shape index (κ1) is 12.3. The van der Waals surface area contributed by atoms with E-state index in [4.69, 9.17) is 11.6 Å². The average molecular weight is 269 g/mol. The van der Waals surface area contributed by atoms with E-state index in [0.29, 0.717) is 18.4 Å². The van der Waals surface area contributed by atoms with E-state index < -0.39 is 0 Å². The molecule has 0 radical (unpaired) electrons. The van der Waals surface area contributed by atoms with Gasteiger partial charge in [0.25, 0.3) is 0 Å². The second-order valence-corrected chi connectivity index (χ2v) is 5.07. The molecule has 2 rings (SSSR count). The number of aryl methyl sites for hydroxylation is 1. The first-order valence-corrected chi connectivity index (χ1v) is 6.59. The lowest BCUT2D eigenvalue weighted by atomic mass is 10.4. The zero-order valence-corrected chi connectivity index (χ0v) is 11.3. The Balaban J connectivity index is 2.06. The lowest BCUT2D eigenvalue weighted by Gasteiger charge is -2.15. The number of halogens is 1. The van der Waals surface area contributed by atoms with Crippen LogP contribution >= 0.6 is 22.9 Å². The van der Waals surface area contributed by atoms with Crippen LogP contribution in [0.15, 0.2) is 17.8 Å². The second kappa shape index (κ2) is 5.42. The van der Waals surface area contributed by atoms with Gasteiger partial charge in [0.1, 0.15) is 0 Å². The van der Waals surface area contributed by atoms with Crippen LogP contribution in [0.5, 0.6) is 0 Å². The van der Waals surface area contributed by atoms with E-state index in [9.17, 15) is 0 Å². The third-order valence-corrected chi connectivity index (χ3v) is 3.38. The van der Waals surface area contributed by atoms with Gasteiger partial charge >= 0.3 is 0 Å². The highest BCUT2D eigenvalue weighted by Gasteiger charge is 2.07. The third kappa shape index (κ3) is 3.14. The number of rotatable bonds is 4. The number of hydrogen-bond donors (Lipinski definition) is 0. The van der Waals surface area contributed by atoms with Crippen LogP contribution in [0.3, 0.4) is 0 Å². The van der Waals surface area contributed by atoms with Crippen LogP contribution < -0.4 is 4.90 Å². The highest BCUT2D eigenvalue weighted by molar-refractivity contribution is 7.09. The van der Waals surface area contributed by atoms with Gasteiger partial charge in [-0.2, -0.15) is 0 Å². The summed E-state index contributed by atoms with van der Waals surface area (Å²) >= 11 is 7.34. The van der Waals surface area contributed by atoms with E-state index in [2.05, 4.69) is 20.3 Å². The summed E-state index contributed by atoms with van der Waals surface area (Å²) in [6, 6.07) is 0. The molecule has 0 aliphatic carbocycles. The van der Waals surface area contributed by atoms with Crippen molar-refractivity contribution in [2.24, 2.45) is 0 Å². The van der Waals surface area contributed by atoms with Crippen LogP contribution in [0.1, 0.15) is 16.3 Å². The van der Waals surface area contributed by atoms with Crippen molar-refractivity contribution in [1.82, 2.24) is 15.0 Å². The standard InChI is InChI=1S/C11H13ClN4S/c1-8-15-10(7-17-8)6-16(2)11-13-4-9(3-12)5-14-11/h4-5,7H,3,6H2,1-2H3. The van der Waals surface area contributed by atoms with E-state index in [-0.39, 0.29) is 0 Å². The van der Waals surface area contributed by atoms with E-state index >= 15 is 0 Å². The lowest BCUT2D eigenvalue weighted by Crippen LogP contribution is -2.19. The summed E-state index contributed by atoms with van der Waals surface area (Å²) in [5.74, 6) is 1.12. The summed E-state index contributed by atoms with van der Waals surface area (Å²) in [4.78, 5) is 14.9. The van der Waals surface area contributed by atoms with Crippen LogP contribution in [0.2, 0.25) is 0 Å². The van der Waals surface area contributed by atoms with Gasteiger partial charge in [0.2, 0.25) is 5.95 Å². The van der Waals surface area contributed by atoms with Crippen LogP contribution in [0.4, 0.5) is 5.95 Å². The molecule has 0 amide bonds. The van der Waals surface area contributed by atoms with Gasteiger partial charge in [0.05, 0.1) is 23.1 Å². The summed E-state index contributed by atoms with van der Waals surface area (Å²) < 4.78 is 0. The normalized spacial score (nSPS) is 10.5. The molecule has 0 saturated carbocycles. The molecular weight excluding hydrogens is 256 g/mol. The largest absolute Gasteiger partial charge is 0.338 e. The number of nitrogens with zero attached hydrogens (tertiary/aromatic N) is 4. The number of anilines is 1. The van der Waals surface area contributed by atoms with Crippen molar-refractivity contribution < 1.29 is 0 Å². The molecule has 0 aliphatic heterocycles. The predicted octanol–water partition coefficient (Wildman–Crippen LogP) is 2.62. The molecular formula is C11H13ClN4S. The first-order valence-electron chi connectivity index (χ1n) is 5.18. The molecule has 0 unspecified atom stereocenters. The zero-order valence-electron chi connectivity index (χ0n) is 9.72. The minimum Gasteiger partial charge on any atom is -0.338 e.